The van der Waals surface area contributed by atoms with Crippen LogP contribution in [0, 0.1) is 0 Å². The van der Waals surface area contributed by atoms with Crippen molar-refractivity contribution in [1.82, 2.24) is 15.2 Å². The summed E-state index contributed by atoms with van der Waals surface area (Å²) in [6.45, 7) is 4.34. The van der Waals surface area contributed by atoms with Crippen LogP contribution in [0.15, 0.2) is 30.6 Å². The number of thiazole rings is 1. The van der Waals surface area contributed by atoms with Crippen LogP contribution in [0.2, 0.25) is 0 Å². The van der Waals surface area contributed by atoms with Gasteiger partial charge in [-0.3, -0.25) is 5.10 Å². The lowest BCUT2D eigenvalue weighted by molar-refractivity contribution is 0.763. The van der Waals surface area contributed by atoms with Crippen molar-refractivity contribution in [3.8, 4) is 11.1 Å². The molecule has 0 amide bonds. The van der Waals surface area contributed by atoms with Gasteiger partial charge in [0.15, 0.2) is 5.13 Å². The second-order valence-electron chi connectivity index (χ2n) is 4.64. The highest BCUT2D eigenvalue weighted by Crippen LogP contribution is 2.30. The van der Waals surface area contributed by atoms with Gasteiger partial charge in [-0.05, 0) is 31.0 Å². The SMILES string of the molecule is CCC(C)Nc1nc2ccc(-c3cn[nH]c3)cc2s1. The summed E-state index contributed by atoms with van der Waals surface area (Å²) < 4.78 is 1.20. The number of nitrogens with one attached hydrogen (secondary N) is 2. The zero-order valence-corrected chi connectivity index (χ0v) is 11.8. The zero-order chi connectivity index (χ0) is 13.2. The van der Waals surface area contributed by atoms with Crippen molar-refractivity contribution in [3.05, 3.63) is 30.6 Å². The molecule has 0 saturated heterocycles. The number of rotatable bonds is 4. The van der Waals surface area contributed by atoms with Crippen molar-refractivity contribution in [2.45, 2.75) is 26.3 Å². The fourth-order valence-electron chi connectivity index (χ4n) is 1.89. The molecule has 1 aromatic carbocycles. The van der Waals surface area contributed by atoms with Crippen LogP contribution in [-0.4, -0.2) is 21.2 Å². The van der Waals surface area contributed by atoms with Gasteiger partial charge >= 0.3 is 0 Å². The lowest BCUT2D eigenvalue weighted by atomic mass is 10.1. The summed E-state index contributed by atoms with van der Waals surface area (Å²) in [5, 5.41) is 11.2. The summed E-state index contributed by atoms with van der Waals surface area (Å²) in [5.74, 6) is 0. The van der Waals surface area contributed by atoms with E-state index >= 15 is 0 Å². The van der Waals surface area contributed by atoms with Gasteiger partial charge in [0.1, 0.15) is 0 Å². The van der Waals surface area contributed by atoms with E-state index < -0.39 is 0 Å². The third-order valence-corrected chi connectivity index (χ3v) is 4.15. The van der Waals surface area contributed by atoms with Gasteiger partial charge in [0, 0.05) is 17.8 Å². The highest BCUT2D eigenvalue weighted by molar-refractivity contribution is 7.22. The third kappa shape index (κ3) is 2.46. The summed E-state index contributed by atoms with van der Waals surface area (Å²) >= 11 is 1.70. The van der Waals surface area contributed by atoms with Crippen LogP contribution >= 0.6 is 11.3 Å². The Hall–Kier alpha value is -1.88. The van der Waals surface area contributed by atoms with Gasteiger partial charge in [-0.2, -0.15) is 5.10 Å². The quantitative estimate of drug-likeness (QED) is 0.757. The highest BCUT2D eigenvalue weighted by atomic mass is 32.1. The van der Waals surface area contributed by atoms with Crippen molar-refractivity contribution < 1.29 is 0 Å². The largest absolute Gasteiger partial charge is 0.359 e. The predicted molar refractivity (Wildman–Crippen MR) is 80.6 cm³/mol. The molecule has 0 aliphatic carbocycles. The van der Waals surface area contributed by atoms with Gasteiger partial charge in [0.2, 0.25) is 0 Å². The van der Waals surface area contributed by atoms with Gasteiger partial charge in [-0.15, -0.1) is 0 Å². The second kappa shape index (κ2) is 5.01. The normalized spacial score (nSPS) is 12.7. The van der Waals surface area contributed by atoms with E-state index in [0.29, 0.717) is 6.04 Å². The minimum atomic E-state index is 0.453. The number of anilines is 1. The molecule has 0 bridgehead atoms. The molecular formula is C14H16N4S. The van der Waals surface area contributed by atoms with Crippen LogP contribution < -0.4 is 5.32 Å². The molecule has 0 spiro atoms. The van der Waals surface area contributed by atoms with Crippen LogP contribution in [0.1, 0.15) is 20.3 Å². The molecule has 0 radical (unpaired) electrons. The summed E-state index contributed by atoms with van der Waals surface area (Å²) in [4.78, 5) is 4.61. The van der Waals surface area contributed by atoms with Crippen LogP contribution in [-0.2, 0) is 0 Å². The lowest BCUT2D eigenvalue weighted by Gasteiger charge is -2.08. The average Bonchev–Trinajstić information content (AvgIpc) is 3.06. The Morgan fingerprint density at radius 3 is 3.00 bits per heavy atom. The standard InChI is InChI=1S/C14H16N4S/c1-3-9(2)17-14-18-12-5-4-10(6-13(12)19-14)11-7-15-16-8-11/h4-9H,3H2,1-2H3,(H,15,16)(H,17,18). The molecule has 2 aromatic heterocycles. The van der Waals surface area contributed by atoms with Gasteiger partial charge in [-0.25, -0.2) is 4.98 Å². The highest BCUT2D eigenvalue weighted by Gasteiger charge is 2.07. The monoisotopic (exact) mass is 272 g/mol. The van der Waals surface area contributed by atoms with Gasteiger partial charge in [0.05, 0.1) is 16.4 Å². The van der Waals surface area contributed by atoms with Crippen molar-refractivity contribution in [3.63, 3.8) is 0 Å². The smallest absolute Gasteiger partial charge is 0.183 e. The van der Waals surface area contributed by atoms with Crippen LogP contribution in [0.3, 0.4) is 0 Å². The number of nitrogens with zero attached hydrogens (tertiary/aromatic N) is 2. The fourth-order valence-corrected chi connectivity index (χ4v) is 2.90. The van der Waals surface area contributed by atoms with Crippen molar-refractivity contribution in [1.29, 1.82) is 0 Å². The van der Waals surface area contributed by atoms with Crippen LogP contribution in [0.5, 0.6) is 0 Å². The molecule has 1 unspecified atom stereocenters. The Kier molecular flexibility index (Phi) is 3.21. The Morgan fingerprint density at radius 2 is 2.26 bits per heavy atom. The Bertz CT molecular complexity index is 672. The molecule has 2 heterocycles. The Morgan fingerprint density at radius 1 is 1.37 bits per heavy atom. The van der Waals surface area contributed by atoms with Crippen molar-refractivity contribution in [2.24, 2.45) is 0 Å². The minimum absolute atomic E-state index is 0.453. The first-order valence-electron chi connectivity index (χ1n) is 6.42. The van der Waals surface area contributed by atoms with Crippen LogP contribution in [0.4, 0.5) is 5.13 Å². The Labute approximate surface area is 115 Å². The van der Waals surface area contributed by atoms with Crippen LogP contribution in [0.25, 0.3) is 21.3 Å². The first-order chi connectivity index (χ1) is 9.26. The van der Waals surface area contributed by atoms with E-state index in [0.717, 1.165) is 22.6 Å². The number of benzene rings is 1. The van der Waals surface area contributed by atoms with Gasteiger partial charge in [0.25, 0.3) is 0 Å². The summed E-state index contributed by atoms with van der Waals surface area (Å²) in [7, 11) is 0. The number of aromatic nitrogens is 3. The second-order valence-corrected chi connectivity index (χ2v) is 5.67. The van der Waals surface area contributed by atoms with E-state index in [1.165, 1.54) is 10.3 Å². The van der Waals surface area contributed by atoms with E-state index in [2.05, 4.69) is 52.5 Å². The predicted octanol–water partition coefficient (Wildman–Crippen LogP) is 3.90. The third-order valence-electron chi connectivity index (χ3n) is 3.20. The number of aromatic amines is 1. The average molecular weight is 272 g/mol. The molecule has 3 rings (SSSR count). The minimum Gasteiger partial charge on any atom is -0.359 e. The maximum Gasteiger partial charge on any atom is 0.183 e. The van der Waals surface area contributed by atoms with Gasteiger partial charge in [-0.1, -0.05) is 24.3 Å². The van der Waals surface area contributed by atoms with Gasteiger partial charge < -0.3 is 5.32 Å². The Balaban J connectivity index is 1.95. The van der Waals surface area contributed by atoms with Crippen molar-refractivity contribution in [2.75, 3.05) is 5.32 Å². The molecular weight excluding hydrogens is 256 g/mol. The summed E-state index contributed by atoms with van der Waals surface area (Å²) in [6.07, 6.45) is 4.83. The molecule has 0 aliphatic rings. The maximum absolute atomic E-state index is 4.61. The first kappa shape index (κ1) is 12.2. The number of H-pyrrole nitrogens is 1. The van der Waals surface area contributed by atoms with E-state index in [1.807, 2.05) is 12.4 Å². The molecule has 1 atom stereocenters. The van der Waals surface area contributed by atoms with E-state index in [4.69, 9.17) is 0 Å². The number of hydrogen-bond donors (Lipinski definition) is 2. The van der Waals surface area contributed by atoms with E-state index in [9.17, 15) is 0 Å². The molecule has 0 aliphatic heterocycles. The molecule has 19 heavy (non-hydrogen) atoms. The molecule has 5 heteroatoms. The molecule has 2 N–H and O–H groups in total. The molecule has 0 fully saturated rings. The summed E-state index contributed by atoms with van der Waals surface area (Å²) in [6, 6.07) is 6.77. The molecule has 3 aromatic rings. The van der Waals surface area contributed by atoms with E-state index in [1.54, 1.807) is 11.3 Å². The lowest BCUT2D eigenvalue weighted by Crippen LogP contribution is -2.12. The number of hydrogen-bond acceptors (Lipinski definition) is 4. The number of fused-ring (bicyclic) bond motifs is 1. The maximum atomic E-state index is 4.61. The van der Waals surface area contributed by atoms with Crippen molar-refractivity contribution >= 4 is 26.7 Å². The fraction of sp³-hybridized carbons (Fsp3) is 0.286. The molecule has 0 saturated carbocycles. The molecule has 98 valence electrons. The zero-order valence-electron chi connectivity index (χ0n) is 11.0. The molecule has 4 nitrogen and oxygen atoms in total. The first-order valence-corrected chi connectivity index (χ1v) is 7.24. The summed E-state index contributed by atoms with van der Waals surface area (Å²) in [5.41, 5.74) is 3.31. The van der Waals surface area contributed by atoms with E-state index in [-0.39, 0.29) is 0 Å². The topological polar surface area (TPSA) is 53.6 Å².